The Kier molecular flexibility index (Phi) is 5.15. The number of likely N-dealkylation sites (tertiary alicyclic amines) is 1. The first-order valence-corrected chi connectivity index (χ1v) is 7.32. The van der Waals surface area contributed by atoms with E-state index in [1.54, 1.807) is 4.90 Å². The Bertz CT molecular complexity index is 435. The summed E-state index contributed by atoms with van der Waals surface area (Å²) < 4.78 is 0. The van der Waals surface area contributed by atoms with Crippen LogP contribution in [0.5, 0.6) is 0 Å². The van der Waals surface area contributed by atoms with E-state index in [1.807, 2.05) is 37.4 Å². The minimum absolute atomic E-state index is 0.00410. The van der Waals surface area contributed by atoms with Gasteiger partial charge in [0.15, 0.2) is 0 Å². The lowest BCUT2D eigenvalue weighted by molar-refractivity contribution is -0.132. The maximum atomic E-state index is 12.4. The van der Waals surface area contributed by atoms with E-state index in [1.165, 1.54) is 12.8 Å². The smallest absolute Gasteiger partial charge is 0.243 e. The van der Waals surface area contributed by atoms with Crippen LogP contribution in [0.1, 0.15) is 24.4 Å². The van der Waals surface area contributed by atoms with Crippen LogP contribution < -0.4 is 5.73 Å². The van der Waals surface area contributed by atoms with Gasteiger partial charge in [0.1, 0.15) is 6.04 Å². The fourth-order valence-corrected chi connectivity index (χ4v) is 2.94. The van der Waals surface area contributed by atoms with Crippen LogP contribution in [-0.2, 0) is 4.79 Å². The molecule has 0 unspecified atom stereocenters. The fourth-order valence-electron chi connectivity index (χ4n) is 2.94. The van der Waals surface area contributed by atoms with E-state index >= 15 is 0 Å². The molecule has 110 valence electrons. The lowest BCUT2D eigenvalue weighted by atomic mass is 9.97. The van der Waals surface area contributed by atoms with Crippen molar-refractivity contribution < 1.29 is 4.79 Å². The Morgan fingerprint density at radius 2 is 2.15 bits per heavy atom. The zero-order chi connectivity index (χ0) is 14.5. The number of hydrogen-bond donors (Lipinski definition) is 1. The predicted octanol–water partition coefficient (Wildman–Crippen LogP) is 1.49. The molecule has 0 radical (unpaired) electrons. The predicted molar refractivity (Wildman–Crippen MR) is 81.2 cm³/mol. The van der Waals surface area contributed by atoms with E-state index in [4.69, 9.17) is 5.73 Å². The molecule has 0 aromatic heterocycles. The normalized spacial score (nSPS) is 21.4. The van der Waals surface area contributed by atoms with Gasteiger partial charge in [-0.3, -0.25) is 4.79 Å². The van der Waals surface area contributed by atoms with E-state index in [9.17, 15) is 4.79 Å². The number of hydrogen-bond acceptors (Lipinski definition) is 3. The first-order chi connectivity index (χ1) is 9.58. The molecule has 4 nitrogen and oxygen atoms in total. The van der Waals surface area contributed by atoms with Crippen LogP contribution in [0.2, 0.25) is 0 Å². The van der Waals surface area contributed by atoms with Crippen LogP contribution in [0.25, 0.3) is 0 Å². The van der Waals surface area contributed by atoms with Gasteiger partial charge >= 0.3 is 0 Å². The minimum atomic E-state index is -0.553. The molecule has 1 amide bonds. The topological polar surface area (TPSA) is 49.6 Å². The molecule has 1 aromatic rings. The van der Waals surface area contributed by atoms with Gasteiger partial charge in [0.2, 0.25) is 5.91 Å². The Balaban J connectivity index is 1.91. The molecule has 2 atom stereocenters. The number of carbonyl (C=O) groups is 1. The van der Waals surface area contributed by atoms with Gasteiger partial charge in [0.05, 0.1) is 0 Å². The maximum Gasteiger partial charge on any atom is 0.243 e. The van der Waals surface area contributed by atoms with Crippen molar-refractivity contribution >= 4 is 5.91 Å². The van der Waals surface area contributed by atoms with Gasteiger partial charge < -0.3 is 15.5 Å². The zero-order valence-electron chi connectivity index (χ0n) is 12.5. The number of rotatable bonds is 4. The second-order valence-electron chi connectivity index (χ2n) is 5.88. The number of piperidine rings is 1. The van der Waals surface area contributed by atoms with Crippen LogP contribution >= 0.6 is 0 Å². The van der Waals surface area contributed by atoms with E-state index < -0.39 is 6.04 Å². The van der Waals surface area contributed by atoms with Crippen molar-refractivity contribution in [2.75, 3.05) is 33.7 Å². The van der Waals surface area contributed by atoms with Gasteiger partial charge in [-0.25, -0.2) is 0 Å². The van der Waals surface area contributed by atoms with Crippen molar-refractivity contribution in [3.05, 3.63) is 35.9 Å². The first-order valence-electron chi connectivity index (χ1n) is 7.32. The SMILES string of the molecule is CN1CCC[C@@H](CN(C)C(=O)[C@H](N)c2ccccc2)C1. The molecule has 0 saturated carbocycles. The van der Waals surface area contributed by atoms with Crippen molar-refractivity contribution in [3.63, 3.8) is 0 Å². The van der Waals surface area contributed by atoms with Crippen LogP contribution in [0.4, 0.5) is 0 Å². The monoisotopic (exact) mass is 275 g/mol. The van der Waals surface area contributed by atoms with Crippen LogP contribution in [0, 0.1) is 5.92 Å². The fraction of sp³-hybridized carbons (Fsp3) is 0.562. The van der Waals surface area contributed by atoms with Crippen LogP contribution in [0.15, 0.2) is 30.3 Å². The third-order valence-corrected chi connectivity index (χ3v) is 4.06. The second kappa shape index (κ2) is 6.86. The molecule has 1 heterocycles. The molecule has 1 aliphatic heterocycles. The average Bonchev–Trinajstić information content (AvgIpc) is 2.46. The van der Waals surface area contributed by atoms with Gasteiger partial charge in [-0.15, -0.1) is 0 Å². The summed E-state index contributed by atoms with van der Waals surface area (Å²) in [7, 11) is 4.00. The summed E-state index contributed by atoms with van der Waals surface area (Å²) in [6, 6.07) is 9.03. The number of nitrogens with zero attached hydrogens (tertiary/aromatic N) is 2. The van der Waals surface area contributed by atoms with Gasteiger partial charge in [0, 0.05) is 20.1 Å². The van der Waals surface area contributed by atoms with E-state index in [-0.39, 0.29) is 5.91 Å². The van der Waals surface area contributed by atoms with Crippen LogP contribution in [-0.4, -0.2) is 49.4 Å². The maximum absolute atomic E-state index is 12.4. The second-order valence-corrected chi connectivity index (χ2v) is 5.88. The molecule has 0 aliphatic carbocycles. The van der Waals surface area contributed by atoms with Gasteiger partial charge in [-0.2, -0.15) is 0 Å². The first kappa shape index (κ1) is 15.0. The van der Waals surface area contributed by atoms with E-state index in [2.05, 4.69) is 11.9 Å². The lowest BCUT2D eigenvalue weighted by Crippen LogP contribution is -2.42. The Labute approximate surface area is 121 Å². The summed E-state index contributed by atoms with van der Waals surface area (Å²) in [6.07, 6.45) is 2.41. The third-order valence-electron chi connectivity index (χ3n) is 4.06. The molecule has 2 N–H and O–H groups in total. The highest BCUT2D eigenvalue weighted by Crippen LogP contribution is 2.18. The van der Waals surface area contributed by atoms with Crippen molar-refractivity contribution in [1.82, 2.24) is 9.80 Å². The summed E-state index contributed by atoms with van der Waals surface area (Å²) in [6.45, 7) is 3.03. The molecule has 1 saturated heterocycles. The van der Waals surface area contributed by atoms with Gasteiger partial charge in [-0.05, 0) is 37.9 Å². The molecule has 4 heteroatoms. The summed E-state index contributed by atoms with van der Waals surface area (Å²) in [5, 5.41) is 0. The number of amides is 1. The molecule has 1 aliphatic rings. The van der Waals surface area contributed by atoms with Crippen molar-refractivity contribution in [2.45, 2.75) is 18.9 Å². The lowest BCUT2D eigenvalue weighted by Gasteiger charge is -2.33. The highest BCUT2D eigenvalue weighted by atomic mass is 16.2. The molecule has 2 rings (SSSR count). The zero-order valence-corrected chi connectivity index (χ0v) is 12.5. The molecule has 0 bridgehead atoms. The highest BCUT2D eigenvalue weighted by molar-refractivity contribution is 5.82. The molecular formula is C16H25N3O. The molecular weight excluding hydrogens is 250 g/mol. The van der Waals surface area contributed by atoms with E-state index in [0.717, 1.165) is 25.2 Å². The summed E-state index contributed by atoms with van der Waals surface area (Å²) in [5.74, 6) is 0.565. The quantitative estimate of drug-likeness (QED) is 0.905. The van der Waals surface area contributed by atoms with Crippen molar-refractivity contribution in [1.29, 1.82) is 0 Å². The number of benzene rings is 1. The van der Waals surface area contributed by atoms with Gasteiger partial charge in [0.25, 0.3) is 0 Å². The molecule has 1 fully saturated rings. The Hall–Kier alpha value is -1.39. The Morgan fingerprint density at radius 1 is 1.45 bits per heavy atom. The average molecular weight is 275 g/mol. The van der Waals surface area contributed by atoms with Gasteiger partial charge in [-0.1, -0.05) is 30.3 Å². The molecule has 20 heavy (non-hydrogen) atoms. The number of likely N-dealkylation sites (N-methyl/N-ethyl adjacent to an activating group) is 1. The van der Waals surface area contributed by atoms with E-state index in [0.29, 0.717) is 5.92 Å². The largest absolute Gasteiger partial charge is 0.344 e. The van der Waals surface area contributed by atoms with Crippen LogP contribution in [0.3, 0.4) is 0 Å². The van der Waals surface area contributed by atoms with Crippen molar-refractivity contribution in [3.8, 4) is 0 Å². The minimum Gasteiger partial charge on any atom is -0.344 e. The standard InChI is InChI=1S/C16H25N3O/c1-18-10-6-7-13(11-18)12-19(2)16(20)15(17)14-8-4-3-5-9-14/h3-5,8-9,13,15H,6-7,10-12,17H2,1-2H3/t13-,15-/m1/s1. The summed E-state index contributed by atoms with van der Waals surface area (Å²) in [5.41, 5.74) is 6.95. The highest BCUT2D eigenvalue weighted by Gasteiger charge is 2.24. The molecule has 1 aromatic carbocycles. The summed E-state index contributed by atoms with van der Waals surface area (Å²) >= 11 is 0. The summed E-state index contributed by atoms with van der Waals surface area (Å²) in [4.78, 5) is 16.5. The van der Waals surface area contributed by atoms with Crippen molar-refractivity contribution in [2.24, 2.45) is 11.7 Å². The third kappa shape index (κ3) is 3.81. The number of carbonyl (C=O) groups excluding carboxylic acids is 1. The Morgan fingerprint density at radius 3 is 2.80 bits per heavy atom. The number of nitrogens with two attached hydrogens (primary N) is 1. The molecule has 0 spiro atoms.